The van der Waals surface area contributed by atoms with Gasteiger partial charge in [0.05, 0.1) is 13.2 Å². The summed E-state index contributed by atoms with van der Waals surface area (Å²) in [6, 6.07) is 8.36. The Hall–Kier alpha value is -1.22. The number of rotatable bonds is 8. The lowest BCUT2D eigenvalue weighted by Crippen LogP contribution is -2.21. The average Bonchev–Trinajstić information content (AvgIpc) is 2.36. The van der Waals surface area contributed by atoms with Crippen LogP contribution in [0.5, 0.6) is 11.5 Å². The third-order valence-corrected chi connectivity index (χ3v) is 2.68. The fourth-order valence-electron chi connectivity index (χ4n) is 1.56. The molecule has 17 heavy (non-hydrogen) atoms. The highest BCUT2D eigenvalue weighted by atomic mass is 16.5. The Labute approximate surface area is 104 Å². The lowest BCUT2D eigenvalue weighted by molar-refractivity contribution is 0.268. The van der Waals surface area contributed by atoms with Gasteiger partial charge in [-0.2, -0.15) is 0 Å². The molecule has 0 aromatic heterocycles. The molecular formula is C14H23NO2. The van der Waals surface area contributed by atoms with Crippen molar-refractivity contribution in [3.8, 4) is 11.5 Å². The van der Waals surface area contributed by atoms with Crippen LogP contribution in [0.2, 0.25) is 0 Å². The summed E-state index contributed by atoms with van der Waals surface area (Å²) in [6.45, 7) is 5.55. The largest absolute Gasteiger partial charge is 0.490 e. The first-order valence-corrected chi connectivity index (χ1v) is 6.29. The van der Waals surface area contributed by atoms with E-state index < -0.39 is 0 Å². The van der Waals surface area contributed by atoms with E-state index in [4.69, 9.17) is 9.47 Å². The molecule has 0 amide bonds. The van der Waals surface area contributed by atoms with Gasteiger partial charge in [0.2, 0.25) is 0 Å². The molecule has 96 valence electrons. The molecule has 0 radical (unpaired) electrons. The van der Waals surface area contributed by atoms with Crippen LogP contribution in [0, 0.1) is 0 Å². The zero-order valence-corrected chi connectivity index (χ0v) is 11.0. The lowest BCUT2D eigenvalue weighted by Gasteiger charge is -2.13. The highest BCUT2D eigenvalue weighted by Gasteiger charge is 2.03. The van der Waals surface area contributed by atoms with Crippen LogP contribution in [0.4, 0.5) is 0 Å². The minimum atomic E-state index is 0.542. The van der Waals surface area contributed by atoms with Crippen molar-refractivity contribution in [2.45, 2.75) is 32.7 Å². The summed E-state index contributed by atoms with van der Waals surface area (Å²) in [5.74, 6) is 1.67. The first-order chi connectivity index (χ1) is 8.27. The third kappa shape index (κ3) is 5.09. The zero-order valence-electron chi connectivity index (χ0n) is 11.0. The number of para-hydroxylation sites is 2. The molecule has 1 unspecified atom stereocenters. The second kappa shape index (κ2) is 7.96. The van der Waals surface area contributed by atoms with Gasteiger partial charge >= 0.3 is 0 Å². The van der Waals surface area contributed by atoms with E-state index in [1.807, 2.05) is 38.2 Å². The maximum atomic E-state index is 5.73. The van der Waals surface area contributed by atoms with E-state index in [-0.39, 0.29) is 0 Å². The van der Waals surface area contributed by atoms with Gasteiger partial charge in [-0.15, -0.1) is 0 Å². The molecule has 0 saturated carbocycles. The van der Waals surface area contributed by atoms with E-state index in [2.05, 4.69) is 12.2 Å². The van der Waals surface area contributed by atoms with Crippen molar-refractivity contribution in [1.29, 1.82) is 0 Å². The number of hydrogen-bond donors (Lipinski definition) is 1. The van der Waals surface area contributed by atoms with Crippen molar-refractivity contribution in [3.63, 3.8) is 0 Å². The number of ether oxygens (including phenoxy) is 2. The highest BCUT2D eigenvalue weighted by Crippen LogP contribution is 2.26. The monoisotopic (exact) mass is 237 g/mol. The van der Waals surface area contributed by atoms with Gasteiger partial charge in [0.1, 0.15) is 0 Å². The van der Waals surface area contributed by atoms with Gasteiger partial charge in [-0.25, -0.2) is 0 Å². The first kappa shape index (κ1) is 13.8. The molecule has 1 rings (SSSR count). The van der Waals surface area contributed by atoms with Gasteiger partial charge in [-0.3, -0.25) is 0 Å². The summed E-state index contributed by atoms with van der Waals surface area (Å²) in [7, 11) is 1.98. The summed E-state index contributed by atoms with van der Waals surface area (Å²) in [6.07, 6.45) is 2.16. The number of nitrogens with one attached hydrogen (secondary N) is 1. The lowest BCUT2D eigenvalue weighted by atomic mass is 10.2. The van der Waals surface area contributed by atoms with Crippen LogP contribution in [0.15, 0.2) is 24.3 Å². The predicted octanol–water partition coefficient (Wildman–Crippen LogP) is 2.85. The van der Waals surface area contributed by atoms with Gasteiger partial charge in [0.25, 0.3) is 0 Å². The van der Waals surface area contributed by atoms with Crippen LogP contribution in [0.25, 0.3) is 0 Å². The molecule has 0 bridgehead atoms. The Morgan fingerprint density at radius 2 is 1.82 bits per heavy atom. The molecule has 1 aromatic rings. The summed E-state index contributed by atoms with van der Waals surface area (Å²) >= 11 is 0. The first-order valence-electron chi connectivity index (χ1n) is 6.29. The smallest absolute Gasteiger partial charge is 0.161 e. The van der Waals surface area contributed by atoms with Gasteiger partial charge < -0.3 is 14.8 Å². The maximum Gasteiger partial charge on any atom is 0.161 e. The quantitative estimate of drug-likeness (QED) is 0.705. The van der Waals surface area contributed by atoms with E-state index in [0.717, 1.165) is 30.9 Å². The van der Waals surface area contributed by atoms with Gasteiger partial charge in [0, 0.05) is 6.04 Å². The van der Waals surface area contributed by atoms with Gasteiger partial charge in [0.15, 0.2) is 11.5 Å². The molecule has 3 heteroatoms. The summed E-state index contributed by atoms with van der Waals surface area (Å²) < 4.78 is 11.2. The van der Waals surface area contributed by atoms with E-state index in [1.54, 1.807) is 0 Å². The minimum absolute atomic E-state index is 0.542. The molecule has 1 N–H and O–H groups in total. The molecule has 0 aliphatic rings. The zero-order chi connectivity index (χ0) is 12.5. The Bertz CT molecular complexity index is 315. The van der Waals surface area contributed by atoms with Crippen LogP contribution >= 0.6 is 0 Å². The summed E-state index contributed by atoms with van der Waals surface area (Å²) in [5.41, 5.74) is 0. The fraction of sp³-hybridized carbons (Fsp3) is 0.571. The molecular weight excluding hydrogens is 214 g/mol. The van der Waals surface area contributed by atoms with Crippen molar-refractivity contribution in [3.05, 3.63) is 24.3 Å². The Balaban J connectivity index is 2.35. The molecule has 1 aromatic carbocycles. The van der Waals surface area contributed by atoms with E-state index in [9.17, 15) is 0 Å². The van der Waals surface area contributed by atoms with E-state index >= 15 is 0 Å². The van der Waals surface area contributed by atoms with Crippen molar-refractivity contribution in [1.82, 2.24) is 5.32 Å². The normalized spacial score (nSPS) is 12.2. The van der Waals surface area contributed by atoms with Gasteiger partial charge in [-0.05, 0) is 45.9 Å². The van der Waals surface area contributed by atoms with E-state index in [1.165, 1.54) is 0 Å². The highest BCUT2D eigenvalue weighted by molar-refractivity contribution is 5.39. The molecule has 0 aliphatic carbocycles. The van der Waals surface area contributed by atoms with Crippen LogP contribution < -0.4 is 14.8 Å². The van der Waals surface area contributed by atoms with Crippen LogP contribution in [-0.2, 0) is 0 Å². The summed E-state index contributed by atoms with van der Waals surface area (Å²) in [4.78, 5) is 0. The average molecular weight is 237 g/mol. The maximum absolute atomic E-state index is 5.73. The minimum Gasteiger partial charge on any atom is -0.490 e. The molecule has 0 fully saturated rings. The van der Waals surface area contributed by atoms with E-state index in [0.29, 0.717) is 12.6 Å². The predicted molar refractivity (Wildman–Crippen MR) is 70.9 cm³/mol. The van der Waals surface area contributed by atoms with Crippen molar-refractivity contribution in [2.75, 3.05) is 20.3 Å². The Morgan fingerprint density at radius 1 is 1.18 bits per heavy atom. The second-order valence-corrected chi connectivity index (χ2v) is 4.06. The van der Waals surface area contributed by atoms with Crippen LogP contribution in [0.3, 0.4) is 0 Å². The molecule has 0 spiro atoms. The SMILES string of the molecule is CCOc1ccccc1OCCCC(C)NC. The fourth-order valence-corrected chi connectivity index (χ4v) is 1.56. The number of hydrogen-bond acceptors (Lipinski definition) is 3. The molecule has 3 nitrogen and oxygen atoms in total. The molecule has 0 aliphatic heterocycles. The van der Waals surface area contributed by atoms with Crippen molar-refractivity contribution >= 4 is 0 Å². The van der Waals surface area contributed by atoms with Crippen LogP contribution in [0.1, 0.15) is 26.7 Å². The number of benzene rings is 1. The van der Waals surface area contributed by atoms with Crippen LogP contribution in [-0.4, -0.2) is 26.3 Å². The molecule has 0 saturated heterocycles. The van der Waals surface area contributed by atoms with Gasteiger partial charge in [-0.1, -0.05) is 12.1 Å². The van der Waals surface area contributed by atoms with Crippen molar-refractivity contribution < 1.29 is 9.47 Å². The molecule has 1 atom stereocenters. The third-order valence-electron chi connectivity index (χ3n) is 2.68. The standard InChI is InChI=1S/C14H23NO2/c1-4-16-13-9-5-6-10-14(13)17-11-7-8-12(2)15-3/h5-6,9-10,12,15H,4,7-8,11H2,1-3H3. The van der Waals surface area contributed by atoms with Crippen molar-refractivity contribution in [2.24, 2.45) is 0 Å². The molecule has 0 heterocycles. The Kier molecular flexibility index (Phi) is 6.48. The topological polar surface area (TPSA) is 30.5 Å². The Morgan fingerprint density at radius 3 is 2.41 bits per heavy atom. The second-order valence-electron chi connectivity index (χ2n) is 4.06. The summed E-state index contributed by atoms with van der Waals surface area (Å²) in [5, 5.41) is 3.22.